The van der Waals surface area contributed by atoms with Crippen molar-refractivity contribution in [3.63, 3.8) is 0 Å². The smallest absolute Gasteiger partial charge is 0.241 e. The number of hydrogen-bond acceptors (Lipinski definition) is 7. The minimum Gasteiger partial charge on any atom is -0.419 e. The van der Waals surface area contributed by atoms with Gasteiger partial charge in [-0.05, 0) is 36.8 Å². The van der Waals surface area contributed by atoms with Crippen molar-refractivity contribution in [1.29, 1.82) is 10.8 Å². The Morgan fingerprint density at radius 3 is 2.38 bits per heavy atom. The summed E-state index contributed by atoms with van der Waals surface area (Å²) in [4.78, 5) is 9.62. The minimum absolute atomic E-state index is 0.0267. The van der Waals surface area contributed by atoms with Gasteiger partial charge in [-0.25, -0.2) is 9.37 Å². The van der Waals surface area contributed by atoms with E-state index in [1.54, 1.807) is 37.4 Å². The maximum atomic E-state index is 12.3. The fourth-order valence-corrected chi connectivity index (χ4v) is 4.07. The Kier molecular flexibility index (Phi) is 8.72. The molecule has 0 amide bonds. The second kappa shape index (κ2) is 11.7. The molecule has 0 aliphatic carbocycles. The average molecular weight is 482 g/mol. The van der Waals surface area contributed by atoms with Gasteiger partial charge >= 0.3 is 0 Å². The Morgan fingerprint density at radius 1 is 1.09 bits per heavy atom. The first-order valence-corrected chi connectivity index (χ1v) is 12.1. The van der Waals surface area contributed by atoms with Gasteiger partial charge in [-0.2, -0.15) is 0 Å². The minimum atomic E-state index is -1.08. The van der Waals surface area contributed by atoms with Crippen molar-refractivity contribution in [2.24, 2.45) is 0 Å². The Hall–Kier alpha value is -3.30. The van der Waals surface area contributed by atoms with Crippen molar-refractivity contribution in [3.8, 4) is 11.3 Å². The molecule has 1 atom stereocenters. The molecule has 0 aliphatic rings. The van der Waals surface area contributed by atoms with E-state index in [1.165, 1.54) is 0 Å². The molecular formula is C25H28FN5O2S. The summed E-state index contributed by atoms with van der Waals surface area (Å²) in [5, 5.41) is 19.6. The lowest BCUT2D eigenvalue weighted by atomic mass is 10.1. The number of alkyl halides is 1. The number of aryl methyl sites for hydroxylation is 1. The number of benzene rings is 2. The zero-order valence-electron chi connectivity index (χ0n) is 19.4. The second-order valence-electron chi connectivity index (χ2n) is 7.88. The molecule has 178 valence electrons. The molecule has 0 spiro atoms. The van der Waals surface area contributed by atoms with Crippen LogP contribution in [0, 0.1) is 17.7 Å². The maximum Gasteiger partial charge on any atom is 0.241 e. The molecule has 0 bridgehead atoms. The third-order valence-electron chi connectivity index (χ3n) is 5.00. The second-order valence-corrected chi connectivity index (χ2v) is 9.89. The highest BCUT2D eigenvalue weighted by Crippen LogP contribution is 2.21. The number of rotatable bonds is 9. The lowest BCUT2D eigenvalue weighted by molar-refractivity contribution is 0.467. The SMILES string of the molecule is Cc1ncc(-c2ccc(S(=O)C(C)C)cc2)nc1C(=N)OC(=N)c1ccc(CNCCF)cc1. The number of nitrogens with one attached hydrogen (secondary N) is 3. The topological polar surface area (TPSA) is 112 Å². The number of aromatic nitrogens is 2. The summed E-state index contributed by atoms with van der Waals surface area (Å²) in [5.41, 5.74) is 3.54. The predicted molar refractivity (Wildman–Crippen MR) is 133 cm³/mol. The zero-order valence-corrected chi connectivity index (χ0v) is 20.2. The van der Waals surface area contributed by atoms with Gasteiger partial charge in [0.2, 0.25) is 11.8 Å². The number of nitrogens with zero attached hydrogens (tertiary/aromatic N) is 2. The summed E-state index contributed by atoms with van der Waals surface area (Å²) in [6.45, 7) is 5.94. The van der Waals surface area contributed by atoms with Crippen molar-refractivity contribution >= 4 is 22.6 Å². The molecule has 3 N–H and O–H groups in total. The van der Waals surface area contributed by atoms with Gasteiger partial charge in [0.1, 0.15) is 12.4 Å². The fraction of sp³-hybridized carbons (Fsp3) is 0.280. The Labute approximate surface area is 201 Å². The van der Waals surface area contributed by atoms with Gasteiger partial charge in [-0.1, -0.05) is 38.1 Å². The quantitative estimate of drug-likeness (QED) is 0.238. The van der Waals surface area contributed by atoms with Crippen LogP contribution < -0.4 is 5.32 Å². The first-order chi connectivity index (χ1) is 16.3. The summed E-state index contributed by atoms with van der Waals surface area (Å²) < 4.78 is 29.9. The van der Waals surface area contributed by atoms with Gasteiger partial charge in [-0.3, -0.25) is 20.0 Å². The highest BCUT2D eigenvalue weighted by atomic mass is 32.2. The number of ether oxygens (including phenoxy) is 1. The van der Waals surface area contributed by atoms with E-state index >= 15 is 0 Å². The van der Waals surface area contributed by atoms with Crippen molar-refractivity contribution < 1.29 is 13.3 Å². The van der Waals surface area contributed by atoms with Crippen molar-refractivity contribution in [1.82, 2.24) is 15.3 Å². The van der Waals surface area contributed by atoms with Gasteiger partial charge in [0.25, 0.3) is 0 Å². The van der Waals surface area contributed by atoms with Gasteiger partial charge in [0.05, 0.1) is 28.4 Å². The van der Waals surface area contributed by atoms with E-state index in [0.717, 1.165) is 16.0 Å². The van der Waals surface area contributed by atoms with Crippen LogP contribution in [0.25, 0.3) is 11.3 Å². The molecular weight excluding hydrogens is 453 g/mol. The van der Waals surface area contributed by atoms with Crippen LogP contribution in [0.5, 0.6) is 0 Å². The van der Waals surface area contributed by atoms with E-state index in [-0.39, 0.29) is 22.7 Å². The van der Waals surface area contributed by atoms with Crippen molar-refractivity contribution in [3.05, 3.63) is 77.2 Å². The summed E-state index contributed by atoms with van der Waals surface area (Å²) in [6.07, 6.45) is 1.61. The predicted octanol–water partition coefficient (Wildman–Crippen LogP) is 4.39. The van der Waals surface area contributed by atoms with Gasteiger partial charge < -0.3 is 10.1 Å². The molecule has 2 aromatic carbocycles. The lowest BCUT2D eigenvalue weighted by Crippen LogP contribution is -2.17. The Balaban J connectivity index is 1.72. The maximum absolute atomic E-state index is 12.3. The number of hydrogen-bond donors (Lipinski definition) is 3. The lowest BCUT2D eigenvalue weighted by Gasteiger charge is -2.12. The largest absolute Gasteiger partial charge is 0.419 e. The van der Waals surface area contributed by atoms with E-state index in [9.17, 15) is 8.60 Å². The highest BCUT2D eigenvalue weighted by molar-refractivity contribution is 7.85. The van der Waals surface area contributed by atoms with E-state index in [2.05, 4.69) is 15.3 Å². The molecule has 3 aromatic rings. The Morgan fingerprint density at radius 2 is 1.76 bits per heavy atom. The molecule has 0 saturated carbocycles. The van der Waals surface area contributed by atoms with Crippen molar-refractivity contribution in [2.45, 2.75) is 37.5 Å². The monoisotopic (exact) mass is 481 g/mol. The van der Waals surface area contributed by atoms with Crippen LogP contribution in [-0.4, -0.2) is 44.4 Å². The first kappa shape index (κ1) is 25.3. The summed E-state index contributed by atoms with van der Waals surface area (Å²) >= 11 is 0. The first-order valence-electron chi connectivity index (χ1n) is 10.9. The summed E-state index contributed by atoms with van der Waals surface area (Å²) in [7, 11) is -1.08. The average Bonchev–Trinajstić information content (AvgIpc) is 2.84. The fourth-order valence-electron chi connectivity index (χ4n) is 3.12. The van der Waals surface area contributed by atoms with Gasteiger partial charge in [0.15, 0.2) is 0 Å². The van der Waals surface area contributed by atoms with Crippen LogP contribution in [0.2, 0.25) is 0 Å². The van der Waals surface area contributed by atoms with E-state index < -0.39 is 17.5 Å². The third kappa shape index (κ3) is 6.39. The van der Waals surface area contributed by atoms with Crippen LogP contribution in [0.1, 0.15) is 36.4 Å². The van der Waals surface area contributed by atoms with E-state index in [0.29, 0.717) is 30.0 Å². The van der Waals surface area contributed by atoms with Gasteiger partial charge in [-0.15, -0.1) is 0 Å². The highest BCUT2D eigenvalue weighted by Gasteiger charge is 2.16. The van der Waals surface area contributed by atoms with Crippen LogP contribution in [0.4, 0.5) is 4.39 Å². The molecule has 9 heteroatoms. The van der Waals surface area contributed by atoms with Crippen molar-refractivity contribution in [2.75, 3.05) is 13.2 Å². The summed E-state index contributed by atoms with van der Waals surface area (Å²) in [5.74, 6) is -0.455. The molecule has 0 saturated heterocycles. The molecule has 0 radical (unpaired) electrons. The molecule has 7 nitrogen and oxygen atoms in total. The van der Waals surface area contributed by atoms with E-state index in [1.807, 2.05) is 38.1 Å². The molecule has 0 fully saturated rings. The van der Waals surface area contributed by atoms with Crippen LogP contribution in [0.15, 0.2) is 59.6 Å². The molecule has 1 aromatic heterocycles. The molecule has 1 unspecified atom stereocenters. The standard InChI is InChI=1S/C25H28FN5O2S/c1-16(2)34(32)21-10-8-19(9-11-21)22-15-30-17(3)23(31-22)25(28)33-24(27)20-6-4-18(5-7-20)14-29-13-12-26/h4-11,15-16,27-29H,12-14H2,1-3H3. The zero-order chi connectivity index (χ0) is 24.7. The molecule has 0 aliphatic heterocycles. The van der Waals surface area contributed by atoms with Crippen LogP contribution >= 0.6 is 0 Å². The molecule has 34 heavy (non-hydrogen) atoms. The van der Waals surface area contributed by atoms with Gasteiger partial charge in [0, 0.05) is 34.4 Å². The van der Waals surface area contributed by atoms with E-state index in [4.69, 9.17) is 15.6 Å². The summed E-state index contributed by atoms with van der Waals surface area (Å²) in [6, 6.07) is 14.4. The third-order valence-corrected chi connectivity index (χ3v) is 6.59. The molecule has 3 rings (SSSR count). The van der Waals surface area contributed by atoms with Crippen LogP contribution in [0.3, 0.4) is 0 Å². The van der Waals surface area contributed by atoms with Crippen LogP contribution in [-0.2, 0) is 22.1 Å². The Bertz CT molecular complexity index is 1180. The molecule has 1 heterocycles. The normalized spacial score (nSPS) is 11.9. The number of halogens is 1.